The Morgan fingerprint density at radius 2 is 2.00 bits per heavy atom. The molecule has 0 unspecified atom stereocenters. The van der Waals surface area contributed by atoms with Crippen LogP contribution >= 0.6 is 0 Å². The minimum absolute atomic E-state index is 0.145. The maximum atomic E-state index is 12.5. The molecule has 1 amide bonds. The molecule has 7 heteroatoms. The van der Waals surface area contributed by atoms with Crippen LogP contribution in [0.1, 0.15) is 32.3 Å². The second-order valence-electron chi connectivity index (χ2n) is 5.53. The number of anilines is 1. The fraction of sp³-hybridized carbons (Fsp3) is 0.533. The van der Waals surface area contributed by atoms with Crippen molar-refractivity contribution in [1.29, 1.82) is 0 Å². The molecule has 0 aliphatic rings. The molecule has 3 N–H and O–H groups in total. The largest absolute Gasteiger partial charge is 0.330 e. The van der Waals surface area contributed by atoms with Crippen molar-refractivity contribution >= 4 is 21.6 Å². The highest BCUT2D eigenvalue weighted by Crippen LogP contribution is 2.23. The number of hydrogen-bond donors (Lipinski definition) is 2. The summed E-state index contributed by atoms with van der Waals surface area (Å²) in [4.78, 5) is 12.0. The fourth-order valence-electron chi connectivity index (χ4n) is 1.82. The van der Waals surface area contributed by atoms with E-state index in [1.54, 1.807) is 33.0 Å². The van der Waals surface area contributed by atoms with Crippen molar-refractivity contribution in [3.63, 3.8) is 0 Å². The van der Waals surface area contributed by atoms with Gasteiger partial charge in [-0.1, -0.05) is 6.07 Å². The van der Waals surface area contributed by atoms with E-state index in [9.17, 15) is 13.2 Å². The molecule has 0 heterocycles. The predicted molar refractivity (Wildman–Crippen MR) is 88.2 cm³/mol. The van der Waals surface area contributed by atoms with E-state index in [2.05, 4.69) is 5.32 Å². The quantitative estimate of drug-likeness (QED) is 0.797. The highest BCUT2D eigenvalue weighted by Gasteiger charge is 2.23. The SMILES string of the molecule is Cc1ccc(S(=O)(=O)N(C)C(C)C)cc1NC(=O)CCCN. The smallest absolute Gasteiger partial charge is 0.243 e. The molecule has 0 saturated carbocycles. The van der Waals surface area contributed by atoms with E-state index in [1.165, 1.54) is 10.4 Å². The van der Waals surface area contributed by atoms with Crippen LogP contribution in [0.25, 0.3) is 0 Å². The van der Waals surface area contributed by atoms with Crippen LogP contribution < -0.4 is 11.1 Å². The lowest BCUT2D eigenvalue weighted by Gasteiger charge is -2.21. The molecule has 1 rings (SSSR count). The third-order valence-electron chi connectivity index (χ3n) is 3.50. The standard InChI is InChI=1S/C15H25N3O3S/c1-11(2)18(4)22(20,21)13-8-7-12(3)14(10-13)17-15(19)6-5-9-16/h7-8,10-11H,5-6,9,16H2,1-4H3,(H,17,19). The number of aryl methyl sites for hydroxylation is 1. The van der Waals surface area contributed by atoms with Crippen LogP contribution in [-0.4, -0.2) is 38.3 Å². The van der Waals surface area contributed by atoms with E-state index in [1.807, 2.05) is 6.92 Å². The third-order valence-corrected chi connectivity index (χ3v) is 5.52. The van der Waals surface area contributed by atoms with Crippen LogP contribution in [0, 0.1) is 6.92 Å². The molecule has 0 radical (unpaired) electrons. The van der Waals surface area contributed by atoms with Crippen LogP contribution in [0.2, 0.25) is 0 Å². The van der Waals surface area contributed by atoms with E-state index in [0.717, 1.165) is 5.56 Å². The van der Waals surface area contributed by atoms with E-state index < -0.39 is 10.0 Å². The summed E-state index contributed by atoms with van der Waals surface area (Å²) in [7, 11) is -2.03. The number of amides is 1. The molecule has 0 fully saturated rings. The molecule has 1 aromatic rings. The predicted octanol–water partition coefficient (Wildman–Crippen LogP) is 1.70. The Hall–Kier alpha value is -1.44. The number of nitrogens with zero attached hydrogens (tertiary/aromatic N) is 1. The molecule has 0 aliphatic heterocycles. The summed E-state index contributed by atoms with van der Waals surface area (Å²) in [6, 6.07) is 4.61. The summed E-state index contributed by atoms with van der Waals surface area (Å²) in [5, 5.41) is 2.75. The van der Waals surface area contributed by atoms with E-state index in [-0.39, 0.29) is 16.8 Å². The lowest BCUT2D eigenvalue weighted by molar-refractivity contribution is -0.116. The maximum Gasteiger partial charge on any atom is 0.243 e. The summed E-state index contributed by atoms with van der Waals surface area (Å²) in [6.45, 7) is 5.88. The first kappa shape index (κ1) is 18.6. The van der Waals surface area contributed by atoms with E-state index in [0.29, 0.717) is 25.1 Å². The minimum atomic E-state index is -3.57. The van der Waals surface area contributed by atoms with Crippen molar-refractivity contribution in [2.45, 2.75) is 44.6 Å². The molecular weight excluding hydrogens is 302 g/mol. The van der Waals surface area contributed by atoms with Gasteiger partial charge in [-0.3, -0.25) is 4.79 Å². The Morgan fingerprint density at radius 3 is 2.55 bits per heavy atom. The summed E-state index contributed by atoms with van der Waals surface area (Å²) in [6.07, 6.45) is 0.914. The highest BCUT2D eigenvalue weighted by molar-refractivity contribution is 7.89. The van der Waals surface area contributed by atoms with Gasteiger partial charge >= 0.3 is 0 Å². The first-order valence-corrected chi connectivity index (χ1v) is 8.72. The Morgan fingerprint density at radius 1 is 1.36 bits per heavy atom. The maximum absolute atomic E-state index is 12.5. The first-order valence-electron chi connectivity index (χ1n) is 7.28. The van der Waals surface area contributed by atoms with Crippen LogP contribution in [0.4, 0.5) is 5.69 Å². The van der Waals surface area contributed by atoms with Crippen molar-refractivity contribution in [2.24, 2.45) is 5.73 Å². The van der Waals surface area contributed by atoms with Gasteiger partial charge in [0, 0.05) is 25.2 Å². The number of carbonyl (C=O) groups is 1. The number of carbonyl (C=O) groups excluding carboxylic acids is 1. The summed E-state index contributed by atoms with van der Waals surface area (Å²) in [5.74, 6) is -0.166. The van der Waals surface area contributed by atoms with Gasteiger partial charge in [0.25, 0.3) is 0 Å². The lowest BCUT2D eigenvalue weighted by Crippen LogP contribution is -2.33. The van der Waals surface area contributed by atoms with Crippen LogP contribution in [0.3, 0.4) is 0 Å². The van der Waals surface area contributed by atoms with Gasteiger partial charge in [0.1, 0.15) is 0 Å². The van der Waals surface area contributed by atoms with Gasteiger partial charge in [-0.05, 0) is 51.4 Å². The van der Waals surface area contributed by atoms with Gasteiger partial charge < -0.3 is 11.1 Å². The van der Waals surface area contributed by atoms with Crippen molar-refractivity contribution in [3.8, 4) is 0 Å². The first-order chi connectivity index (χ1) is 10.2. The zero-order chi connectivity index (χ0) is 16.9. The molecule has 22 heavy (non-hydrogen) atoms. The average Bonchev–Trinajstić information content (AvgIpc) is 2.46. The number of benzene rings is 1. The van der Waals surface area contributed by atoms with Crippen LogP contribution in [-0.2, 0) is 14.8 Å². The Bertz CT molecular complexity index is 627. The normalized spacial score (nSPS) is 12.0. The molecule has 0 bridgehead atoms. The van der Waals surface area contributed by atoms with Gasteiger partial charge in [0.15, 0.2) is 0 Å². The van der Waals surface area contributed by atoms with Gasteiger partial charge in [0.05, 0.1) is 4.90 Å². The Balaban J connectivity index is 3.07. The van der Waals surface area contributed by atoms with Crippen molar-refractivity contribution in [2.75, 3.05) is 18.9 Å². The fourth-order valence-corrected chi connectivity index (χ4v) is 3.21. The molecule has 124 valence electrons. The van der Waals surface area contributed by atoms with Gasteiger partial charge in [0.2, 0.25) is 15.9 Å². The number of nitrogens with one attached hydrogen (secondary N) is 1. The average molecular weight is 327 g/mol. The summed E-state index contributed by atoms with van der Waals surface area (Å²) >= 11 is 0. The van der Waals surface area contributed by atoms with E-state index >= 15 is 0 Å². The van der Waals surface area contributed by atoms with Crippen molar-refractivity contribution in [1.82, 2.24) is 4.31 Å². The minimum Gasteiger partial charge on any atom is -0.330 e. The van der Waals surface area contributed by atoms with Crippen LogP contribution in [0.5, 0.6) is 0 Å². The van der Waals surface area contributed by atoms with Gasteiger partial charge in [-0.25, -0.2) is 8.42 Å². The molecule has 0 saturated heterocycles. The number of hydrogen-bond acceptors (Lipinski definition) is 4. The second kappa shape index (κ2) is 7.71. The number of rotatable bonds is 7. The number of nitrogens with two attached hydrogens (primary N) is 1. The Kier molecular flexibility index (Phi) is 6.52. The Labute approximate surface area is 132 Å². The molecular formula is C15H25N3O3S. The van der Waals surface area contributed by atoms with E-state index in [4.69, 9.17) is 5.73 Å². The zero-order valence-corrected chi connectivity index (χ0v) is 14.4. The third kappa shape index (κ3) is 4.53. The zero-order valence-electron chi connectivity index (χ0n) is 13.6. The summed E-state index contributed by atoms with van der Waals surface area (Å²) in [5.41, 5.74) is 6.70. The van der Waals surface area contributed by atoms with Crippen molar-refractivity contribution in [3.05, 3.63) is 23.8 Å². The molecule has 0 atom stereocenters. The molecule has 0 aromatic heterocycles. The lowest BCUT2D eigenvalue weighted by atomic mass is 10.2. The molecule has 0 spiro atoms. The monoisotopic (exact) mass is 327 g/mol. The highest BCUT2D eigenvalue weighted by atomic mass is 32.2. The number of sulfonamides is 1. The molecule has 6 nitrogen and oxygen atoms in total. The van der Waals surface area contributed by atoms with Gasteiger partial charge in [-0.15, -0.1) is 0 Å². The molecule has 1 aromatic carbocycles. The molecule has 0 aliphatic carbocycles. The second-order valence-corrected chi connectivity index (χ2v) is 7.53. The van der Waals surface area contributed by atoms with Gasteiger partial charge in [-0.2, -0.15) is 4.31 Å². The topological polar surface area (TPSA) is 92.5 Å². The van der Waals surface area contributed by atoms with Crippen LogP contribution in [0.15, 0.2) is 23.1 Å². The summed E-state index contributed by atoms with van der Waals surface area (Å²) < 4.78 is 26.3. The van der Waals surface area contributed by atoms with Crippen molar-refractivity contribution < 1.29 is 13.2 Å².